The molecule has 8 heteroatoms. The molecule has 0 fully saturated rings. The molecule has 4 aromatic rings. The summed E-state index contributed by atoms with van der Waals surface area (Å²) in [5.74, 6) is 1.76. The molecule has 0 spiro atoms. The fourth-order valence-corrected chi connectivity index (χ4v) is 4.72. The number of halogens is 1. The highest BCUT2D eigenvalue weighted by Crippen LogP contribution is 2.38. The minimum absolute atomic E-state index is 0.0494. The third-order valence-corrected chi connectivity index (χ3v) is 6.73. The van der Waals surface area contributed by atoms with E-state index in [9.17, 15) is 10.1 Å². The van der Waals surface area contributed by atoms with Crippen molar-refractivity contribution in [2.24, 2.45) is 0 Å². The summed E-state index contributed by atoms with van der Waals surface area (Å²) >= 11 is 3.58. The van der Waals surface area contributed by atoms with E-state index in [2.05, 4.69) is 45.5 Å². The van der Waals surface area contributed by atoms with Crippen molar-refractivity contribution < 1.29 is 23.7 Å². The zero-order valence-electron chi connectivity index (χ0n) is 22.5. The normalized spacial score (nSPS) is 11.0. The Labute approximate surface area is 242 Å². The van der Waals surface area contributed by atoms with Crippen LogP contribution in [0.2, 0.25) is 0 Å². The second-order valence-electron chi connectivity index (χ2n) is 8.76. The maximum absolute atomic E-state index is 12.9. The van der Waals surface area contributed by atoms with Gasteiger partial charge in [-0.15, -0.1) is 0 Å². The summed E-state index contributed by atoms with van der Waals surface area (Å²) in [5, 5.41) is 14.8. The lowest BCUT2D eigenvalue weighted by molar-refractivity contribution is -0.117. The molecule has 0 radical (unpaired) electrons. The predicted molar refractivity (Wildman–Crippen MR) is 159 cm³/mol. The van der Waals surface area contributed by atoms with Gasteiger partial charge in [0.05, 0.1) is 25.3 Å². The SMILES string of the molecule is CCOc1cc(/C=C(\C#N)C(=O)NCc2ccc(OC)cc2OC)cc(Br)c1OCc1ccc2ccccc2c1. The molecule has 7 nitrogen and oxygen atoms in total. The Hall–Kier alpha value is -4.48. The van der Waals surface area contributed by atoms with Gasteiger partial charge in [-0.3, -0.25) is 4.79 Å². The molecule has 0 unspecified atom stereocenters. The second-order valence-corrected chi connectivity index (χ2v) is 9.62. The maximum atomic E-state index is 12.9. The number of nitriles is 1. The lowest BCUT2D eigenvalue weighted by atomic mass is 10.1. The van der Waals surface area contributed by atoms with Gasteiger partial charge in [0.25, 0.3) is 5.91 Å². The number of rotatable bonds is 11. The van der Waals surface area contributed by atoms with E-state index >= 15 is 0 Å². The number of methoxy groups -OCH3 is 2. The van der Waals surface area contributed by atoms with E-state index in [-0.39, 0.29) is 12.1 Å². The van der Waals surface area contributed by atoms with Gasteiger partial charge in [0.15, 0.2) is 11.5 Å². The van der Waals surface area contributed by atoms with Crippen LogP contribution in [0.25, 0.3) is 16.8 Å². The predicted octanol–water partition coefficient (Wildman–Crippen LogP) is 6.82. The molecule has 40 heavy (non-hydrogen) atoms. The van der Waals surface area contributed by atoms with Crippen molar-refractivity contribution in [1.29, 1.82) is 5.26 Å². The Morgan fingerprint density at radius 2 is 1.75 bits per heavy atom. The van der Waals surface area contributed by atoms with Crippen LogP contribution in [0.15, 0.2) is 82.8 Å². The van der Waals surface area contributed by atoms with Crippen molar-refractivity contribution in [2.45, 2.75) is 20.1 Å². The molecule has 0 aliphatic rings. The van der Waals surface area contributed by atoms with Gasteiger partial charge < -0.3 is 24.3 Å². The van der Waals surface area contributed by atoms with Crippen LogP contribution in [-0.2, 0) is 17.9 Å². The minimum atomic E-state index is -0.508. The van der Waals surface area contributed by atoms with Gasteiger partial charge in [0.2, 0.25) is 0 Å². The number of ether oxygens (including phenoxy) is 4. The summed E-state index contributed by atoms with van der Waals surface area (Å²) in [4.78, 5) is 12.9. The van der Waals surface area contributed by atoms with Gasteiger partial charge in [-0.2, -0.15) is 5.26 Å². The van der Waals surface area contributed by atoms with Crippen LogP contribution in [0.1, 0.15) is 23.6 Å². The van der Waals surface area contributed by atoms with Crippen LogP contribution in [-0.4, -0.2) is 26.7 Å². The van der Waals surface area contributed by atoms with E-state index in [4.69, 9.17) is 18.9 Å². The largest absolute Gasteiger partial charge is 0.497 e. The summed E-state index contributed by atoms with van der Waals surface area (Å²) in [5.41, 5.74) is 2.34. The molecule has 0 saturated heterocycles. The highest BCUT2D eigenvalue weighted by Gasteiger charge is 2.15. The summed E-state index contributed by atoms with van der Waals surface area (Å²) < 4.78 is 23.3. The molecule has 1 amide bonds. The number of hydrogen-bond donors (Lipinski definition) is 1. The molecule has 0 aliphatic heterocycles. The second kappa shape index (κ2) is 13.5. The molecule has 0 bridgehead atoms. The minimum Gasteiger partial charge on any atom is -0.497 e. The fraction of sp³-hybridized carbons (Fsp3) is 0.188. The molecule has 0 heterocycles. The van der Waals surface area contributed by atoms with Crippen molar-refractivity contribution in [3.05, 3.63) is 99.5 Å². The van der Waals surface area contributed by atoms with Crippen LogP contribution in [0, 0.1) is 11.3 Å². The fourth-order valence-electron chi connectivity index (χ4n) is 4.14. The Kier molecular flexibility index (Phi) is 9.66. The number of nitrogens with zero attached hydrogens (tertiary/aromatic N) is 1. The number of fused-ring (bicyclic) bond motifs is 1. The number of carbonyl (C=O) groups is 1. The van der Waals surface area contributed by atoms with Crippen LogP contribution >= 0.6 is 15.9 Å². The van der Waals surface area contributed by atoms with Gasteiger partial charge in [0.1, 0.15) is 29.7 Å². The third kappa shape index (κ3) is 6.93. The zero-order valence-corrected chi connectivity index (χ0v) is 24.1. The highest BCUT2D eigenvalue weighted by molar-refractivity contribution is 9.10. The molecule has 204 valence electrons. The molecule has 1 N–H and O–H groups in total. The van der Waals surface area contributed by atoms with Crippen molar-refractivity contribution in [3.63, 3.8) is 0 Å². The summed E-state index contributed by atoms with van der Waals surface area (Å²) in [7, 11) is 3.11. The lowest BCUT2D eigenvalue weighted by Gasteiger charge is -2.15. The maximum Gasteiger partial charge on any atom is 0.262 e. The van der Waals surface area contributed by atoms with E-state index in [1.807, 2.05) is 31.2 Å². The summed E-state index contributed by atoms with van der Waals surface area (Å²) in [6.45, 7) is 2.83. The number of nitrogens with one attached hydrogen (secondary N) is 1. The number of hydrogen-bond acceptors (Lipinski definition) is 6. The Balaban J connectivity index is 1.51. The van der Waals surface area contributed by atoms with Gasteiger partial charge in [-0.05, 0) is 81.2 Å². The Morgan fingerprint density at radius 3 is 2.48 bits per heavy atom. The topological polar surface area (TPSA) is 89.8 Å². The highest BCUT2D eigenvalue weighted by atomic mass is 79.9. The van der Waals surface area contributed by atoms with Crippen LogP contribution < -0.4 is 24.3 Å². The molecular weight excluding hydrogens is 572 g/mol. The smallest absolute Gasteiger partial charge is 0.262 e. The van der Waals surface area contributed by atoms with Gasteiger partial charge in [-0.25, -0.2) is 0 Å². The Morgan fingerprint density at radius 1 is 0.950 bits per heavy atom. The lowest BCUT2D eigenvalue weighted by Crippen LogP contribution is -2.24. The average Bonchev–Trinajstić information content (AvgIpc) is 2.98. The number of carbonyl (C=O) groups excluding carboxylic acids is 1. The molecule has 4 aromatic carbocycles. The van der Waals surface area contributed by atoms with E-state index < -0.39 is 5.91 Å². The van der Waals surface area contributed by atoms with Crippen molar-refractivity contribution in [3.8, 4) is 29.1 Å². The van der Waals surface area contributed by atoms with Crippen LogP contribution in [0.4, 0.5) is 0 Å². The average molecular weight is 601 g/mol. The first-order chi connectivity index (χ1) is 19.4. The molecule has 0 atom stereocenters. The monoisotopic (exact) mass is 600 g/mol. The standard InChI is InChI=1S/C32H29BrN2O5/c1-4-39-30-16-22(14-26(18-34)32(36)35-19-25-11-12-27(37-2)17-29(25)38-3)15-28(33)31(30)40-20-21-9-10-23-7-5-6-8-24(23)13-21/h5-17H,4,19-20H2,1-3H3,(H,35,36)/b26-14+. The van der Waals surface area contributed by atoms with Crippen LogP contribution in [0.5, 0.6) is 23.0 Å². The molecule has 0 saturated carbocycles. The number of amides is 1. The first-order valence-corrected chi connectivity index (χ1v) is 13.4. The van der Waals surface area contributed by atoms with Gasteiger partial charge in [0, 0.05) is 18.2 Å². The van der Waals surface area contributed by atoms with Crippen molar-refractivity contribution in [2.75, 3.05) is 20.8 Å². The molecular formula is C32H29BrN2O5. The molecule has 4 rings (SSSR count). The van der Waals surface area contributed by atoms with Crippen molar-refractivity contribution in [1.82, 2.24) is 5.32 Å². The first kappa shape index (κ1) is 28.5. The summed E-state index contributed by atoms with van der Waals surface area (Å²) in [6, 6.07) is 25.2. The Bertz CT molecular complexity index is 1590. The summed E-state index contributed by atoms with van der Waals surface area (Å²) in [6.07, 6.45) is 1.51. The van der Waals surface area contributed by atoms with Gasteiger partial charge >= 0.3 is 0 Å². The first-order valence-electron chi connectivity index (χ1n) is 12.6. The van der Waals surface area contributed by atoms with Crippen molar-refractivity contribution >= 4 is 38.7 Å². The third-order valence-electron chi connectivity index (χ3n) is 6.14. The quantitative estimate of drug-likeness (QED) is 0.150. The van der Waals surface area contributed by atoms with E-state index in [1.54, 1.807) is 44.6 Å². The number of benzene rings is 4. The van der Waals surface area contributed by atoms with E-state index in [0.717, 1.165) is 16.5 Å². The molecule has 0 aliphatic carbocycles. The zero-order chi connectivity index (χ0) is 28.5. The van der Waals surface area contributed by atoms with E-state index in [0.29, 0.717) is 46.2 Å². The van der Waals surface area contributed by atoms with Crippen LogP contribution in [0.3, 0.4) is 0 Å². The van der Waals surface area contributed by atoms with Gasteiger partial charge in [-0.1, -0.05) is 36.4 Å². The van der Waals surface area contributed by atoms with E-state index in [1.165, 1.54) is 11.5 Å². The molecule has 0 aromatic heterocycles.